The number of hydrogen-bond acceptors (Lipinski definition) is 3. The largest absolute Gasteiger partial charge is 0.396 e. The Morgan fingerprint density at radius 3 is 2.71 bits per heavy atom. The lowest BCUT2D eigenvalue weighted by Gasteiger charge is -2.16. The first kappa shape index (κ1) is 14.5. The van der Waals surface area contributed by atoms with E-state index in [9.17, 15) is 4.79 Å². The number of thiophene rings is 1. The SMILES string of the molecule is Cc1csc(C(=O)N(C)CCCCCO)c1Cl. The number of carbonyl (C=O) groups is 1. The Morgan fingerprint density at radius 1 is 1.47 bits per heavy atom. The van der Waals surface area contributed by atoms with Crippen LogP contribution < -0.4 is 0 Å². The van der Waals surface area contributed by atoms with Crippen LogP contribution >= 0.6 is 22.9 Å². The quantitative estimate of drug-likeness (QED) is 0.811. The minimum atomic E-state index is -0.0166. The topological polar surface area (TPSA) is 40.5 Å². The standard InChI is InChI=1S/C12H18ClNO2S/c1-9-8-17-11(10(9)13)12(16)14(2)6-4-3-5-7-15/h8,15H,3-7H2,1-2H3. The fourth-order valence-corrected chi connectivity index (χ4v) is 2.75. The second-order valence-corrected chi connectivity index (χ2v) is 5.33. The van der Waals surface area contributed by atoms with E-state index in [4.69, 9.17) is 16.7 Å². The monoisotopic (exact) mass is 275 g/mol. The van der Waals surface area contributed by atoms with Gasteiger partial charge in [0.15, 0.2) is 0 Å². The molecule has 0 aliphatic rings. The lowest BCUT2D eigenvalue weighted by Crippen LogP contribution is -2.27. The molecule has 0 aliphatic carbocycles. The van der Waals surface area contributed by atoms with E-state index in [1.807, 2.05) is 12.3 Å². The van der Waals surface area contributed by atoms with Crippen LogP contribution in [-0.2, 0) is 0 Å². The number of aliphatic hydroxyl groups excluding tert-OH is 1. The van der Waals surface area contributed by atoms with E-state index < -0.39 is 0 Å². The molecule has 0 fully saturated rings. The lowest BCUT2D eigenvalue weighted by atomic mass is 10.2. The molecule has 0 unspecified atom stereocenters. The second-order valence-electron chi connectivity index (χ2n) is 4.07. The van der Waals surface area contributed by atoms with E-state index in [0.717, 1.165) is 24.8 Å². The summed E-state index contributed by atoms with van der Waals surface area (Å²) in [6.07, 6.45) is 2.64. The van der Waals surface area contributed by atoms with Crippen LogP contribution in [0.1, 0.15) is 34.5 Å². The lowest BCUT2D eigenvalue weighted by molar-refractivity contribution is 0.0797. The average Bonchev–Trinajstić information content (AvgIpc) is 2.64. The summed E-state index contributed by atoms with van der Waals surface area (Å²) in [5.74, 6) is -0.0166. The number of halogens is 1. The van der Waals surface area contributed by atoms with E-state index in [0.29, 0.717) is 16.4 Å². The van der Waals surface area contributed by atoms with Gasteiger partial charge in [-0.2, -0.15) is 0 Å². The van der Waals surface area contributed by atoms with Gasteiger partial charge in [-0.15, -0.1) is 11.3 Å². The first-order valence-electron chi connectivity index (χ1n) is 5.67. The third-order valence-electron chi connectivity index (χ3n) is 2.59. The summed E-state index contributed by atoms with van der Waals surface area (Å²) >= 11 is 7.45. The third-order valence-corrected chi connectivity index (χ3v) is 4.28. The molecule has 0 spiro atoms. The number of unbranched alkanes of at least 4 members (excludes halogenated alkanes) is 2. The van der Waals surface area contributed by atoms with Gasteiger partial charge in [-0.1, -0.05) is 11.6 Å². The van der Waals surface area contributed by atoms with Crippen molar-refractivity contribution >= 4 is 28.8 Å². The van der Waals surface area contributed by atoms with Crippen LogP contribution in [0.5, 0.6) is 0 Å². The average molecular weight is 276 g/mol. The Kier molecular flexibility index (Phi) is 5.95. The normalized spacial score (nSPS) is 10.6. The maximum absolute atomic E-state index is 12.0. The first-order chi connectivity index (χ1) is 8.07. The van der Waals surface area contributed by atoms with Gasteiger partial charge in [0.2, 0.25) is 0 Å². The molecule has 0 aromatic carbocycles. The van der Waals surface area contributed by atoms with Crippen LogP contribution in [0, 0.1) is 6.92 Å². The molecule has 0 bridgehead atoms. The molecule has 1 aromatic heterocycles. The zero-order valence-electron chi connectivity index (χ0n) is 10.2. The third kappa shape index (κ3) is 3.98. The van der Waals surface area contributed by atoms with Gasteiger partial charge in [0, 0.05) is 20.2 Å². The van der Waals surface area contributed by atoms with E-state index in [1.54, 1.807) is 11.9 Å². The maximum atomic E-state index is 12.0. The van der Waals surface area contributed by atoms with Crippen molar-refractivity contribution in [1.29, 1.82) is 0 Å². The molecular formula is C12H18ClNO2S. The number of hydrogen-bond donors (Lipinski definition) is 1. The number of amides is 1. The molecule has 96 valence electrons. The van der Waals surface area contributed by atoms with Crippen molar-refractivity contribution in [2.75, 3.05) is 20.2 Å². The summed E-state index contributed by atoms with van der Waals surface area (Å²) in [4.78, 5) is 14.4. The van der Waals surface area contributed by atoms with Gasteiger partial charge in [0.25, 0.3) is 5.91 Å². The predicted molar refractivity (Wildman–Crippen MR) is 72.0 cm³/mol. The highest BCUT2D eigenvalue weighted by molar-refractivity contribution is 7.13. The van der Waals surface area contributed by atoms with Crippen LogP contribution in [0.3, 0.4) is 0 Å². The summed E-state index contributed by atoms with van der Waals surface area (Å²) in [6.45, 7) is 2.82. The Hall–Kier alpha value is -0.580. The fraction of sp³-hybridized carbons (Fsp3) is 0.583. The molecule has 3 nitrogen and oxygen atoms in total. The number of aryl methyl sites for hydroxylation is 1. The smallest absolute Gasteiger partial charge is 0.265 e. The van der Waals surface area contributed by atoms with Crippen molar-refractivity contribution in [2.45, 2.75) is 26.2 Å². The van der Waals surface area contributed by atoms with Gasteiger partial charge in [0.05, 0.1) is 5.02 Å². The summed E-state index contributed by atoms with van der Waals surface area (Å²) in [6, 6.07) is 0. The summed E-state index contributed by atoms with van der Waals surface area (Å²) in [5, 5.41) is 11.1. The first-order valence-corrected chi connectivity index (χ1v) is 6.93. The van der Waals surface area contributed by atoms with E-state index in [-0.39, 0.29) is 12.5 Å². The molecule has 0 atom stereocenters. The number of aliphatic hydroxyl groups is 1. The van der Waals surface area contributed by atoms with Gasteiger partial charge in [-0.3, -0.25) is 4.79 Å². The van der Waals surface area contributed by atoms with Crippen LogP contribution in [0.25, 0.3) is 0 Å². The molecule has 1 aromatic rings. The molecule has 17 heavy (non-hydrogen) atoms. The fourth-order valence-electron chi connectivity index (χ4n) is 1.49. The molecule has 0 saturated carbocycles. The van der Waals surface area contributed by atoms with Gasteiger partial charge in [-0.05, 0) is 37.1 Å². The molecular weight excluding hydrogens is 258 g/mol. The summed E-state index contributed by atoms with van der Waals surface area (Å²) in [7, 11) is 1.78. The maximum Gasteiger partial charge on any atom is 0.265 e. The molecule has 0 aliphatic heterocycles. The van der Waals surface area contributed by atoms with Crippen molar-refractivity contribution in [3.05, 3.63) is 20.8 Å². The van der Waals surface area contributed by atoms with Gasteiger partial charge >= 0.3 is 0 Å². The zero-order valence-corrected chi connectivity index (χ0v) is 11.8. The van der Waals surface area contributed by atoms with Gasteiger partial charge < -0.3 is 10.0 Å². The second kappa shape index (κ2) is 6.99. The van der Waals surface area contributed by atoms with Crippen molar-refractivity contribution in [2.24, 2.45) is 0 Å². The Morgan fingerprint density at radius 2 is 2.18 bits per heavy atom. The molecule has 1 rings (SSSR count). The summed E-state index contributed by atoms with van der Waals surface area (Å²) < 4.78 is 0. The van der Waals surface area contributed by atoms with E-state index >= 15 is 0 Å². The van der Waals surface area contributed by atoms with Crippen LogP contribution in [0.2, 0.25) is 5.02 Å². The van der Waals surface area contributed by atoms with Gasteiger partial charge in [0.1, 0.15) is 4.88 Å². The molecule has 0 radical (unpaired) electrons. The summed E-state index contributed by atoms with van der Waals surface area (Å²) in [5.41, 5.74) is 0.952. The van der Waals surface area contributed by atoms with Crippen molar-refractivity contribution in [3.63, 3.8) is 0 Å². The van der Waals surface area contributed by atoms with E-state index in [1.165, 1.54) is 11.3 Å². The van der Waals surface area contributed by atoms with Crippen molar-refractivity contribution in [1.82, 2.24) is 4.90 Å². The van der Waals surface area contributed by atoms with E-state index in [2.05, 4.69) is 0 Å². The highest BCUT2D eigenvalue weighted by Gasteiger charge is 2.17. The highest BCUT2D eigenvalue weighted by atomic mass is 35.5. The minimum Gasteiger partial charge on any atom is -0.396 e. The molecule has 0 saturated heterocycles. The highest BCUT2D eigenvalue weighted by Crippen LogP contribution is 2.28. The van der Waals surface area contributed by atoms with Crippen LogP contribution in [-0.4, -0.2) is 36.1 Å². The molecule has 1 N–H and O–H groups in total. The van der Waals surface area contributed by atoms with Crippen LogP contribution in [0.4, 0.5) is 0 Å². The minimum absolute atomic E-state index is 0.0166. The Bertz CT molecular complexity index is 379. The zero-order chi connectivity index (χ0) is 12.8. The van der Waals surface area contributed by atoms with Crippen molar-refractivity contribution in [3.8, 4) is 0 Å². The Labute approximate surface area is 111 Å². The number of carbonyl (C=O) groups excluding carboxylic acids is 1. The molecule has 1 heterocycles. The molecule has 5 heteroatoms. The predicted octanol–water partition coefficient (Wildman–Crippen LogP) is 2.94. The van der Waals surface area contributed by atoms with Crippen LogP contribution in [0.15, 0.2) is 5.38 Å². The Balaban J connectivity index is 2.49. The van der Waals surface area contributed by atoms with Gasteiger partial charge in [-0.25, -0.2) is 0 Å². The number of rotatable bonds is 6. The van der Waals surface area contributed by atoms with Crippen molar-refractivity contribution < 1.29 is 9.90 Å². The number of nitrogens with zero attached hydrogens (tertiary/aromatic N) is 1. The molecule has 1 amide bonds.